The summed E-state index contributed by atoms with van der Waals surface area (Å²) in [5.41, 5.74) is 2.49. The van der Waals surface area contributed by atoms with Crippen LogP contribution in [0.15, 0.2) is 47.1 Å². The van der Waals surface area contributed by atoms with Crippen LogP contribution in [0.1, 0.15) is 30.0 Å². The average molecular weight is 400 g/mol. The lowest BCUT2D eigenvalue weighted by molar-refractivity contribution is -0.134. The van der Waals surface area contributed by atoms with Gasteiger partial charge in [0.25, 0.3) is 0 Å². The highest BCUT2D eigenvalue weighted by molar-refractivity contribution is 6.32. The predicted octanol–water partition coefficient (Wildman–Crippen LogP) is 4.32. The van der Waals surface area contributed by atoms with Crippen LogP contribution in [0.5, 0.6) is 11.5 Å². The summed E-state index contributed by atoms with van der Waals surface area (Å²) in [6, 6.07) is 10.6. The molecule has 0 bridgehead atoms. The first-order valence-electron chi connectivity index (χ1n) is 8.59. The Labute approximate surface area is 167 Å². The topological polar surface area (TPSA) is 74.2 Å². The zero-order chi connectivity index (χ0) is 20.3. The molecule has 1 aliphatic heterocycles. The highest BCUT2D eigenvalue weighted by Crippen LogP contribution is 2.37. The van der Waals surface area contributed by atoms with Gasteiger partial charge in [0.05, 0.1) is 12.1 Å². The minimum Gasteiger partial charge on any atom is -0.493 e. The van der Waals surface area contributed by atoms with Crippen LogP contribution in [0, 0.1) is 6.92 Å². The van der Waals surface area contributed by atoms with Gasteiger partial charge in [-0.1, -0.05) is 36.2 Å². The number of aryl methyl sites for hydroxylation is 1. The first kappa shape index (κ1) is 19.6. The smallest absolute Gasteiger partial charge is 0.363 e. The van der Waals surface area contributed by atoms with Crippen LogP contribution in [0.2, 0.25) is 5.02 Å². The van der Waals surface area contributed by atoms with Gasteiger partial charge in [0, 0.05) is 12.0 Å². The van der Waals surface area contributed by atoms with E-state index >= 15 is 0 Å². The Balaban J connectivity index is 1.94. The number of carbonyl (C=O) groups excluding carboxylic acids is 2. The van der Waals surface area contributed by atoms with E-state index in [1.807, 2.05) is 31.2 Å². The van der Waals surface area contributed by atoms with Crippen molar-refractivity contribution >= 4 is 35.5 Å². The number of nitrogens with zero attached hydrogens (tertiary/aromatic N) is 1. The van der Waals surface area contributed by atoms with E-state index in [1.54, 1.807) is 19.1 Å². The third kappa shape index (κ3) is 4.23. The quantitative estimate of drug-likeness (QED) is 0.425. The summed E-state index contributed by atoms with van der Waals surface area (Å²) in [4.78, 5) is 28.0. The second-order valence-electron chi connectivity index (χ2n) is 6.06. The SMILES string of the molecule is CCC(=O)Oc1c(Cl)cc(/C=C2\N=C(c3ccc(C)cc3)OC2=O)cc1OC. The highest BCUT2D eigenvalue weighted by Gasteiger charge is 2.24. The van der Waals surface area contributed by atoms with Crippen molar-refractivity contribution in [3.8, 4) is 11.5 Å². The van der Waals surface area contributed by atoms with Crippen LogP contribution in [0.4, 0.5) is 0 Å². The van der Waals surface area contributed by atoms with Gasteiger partial charge in [-0.05, 0) is 42.8 Å². The minimum atomic E-state index is -0.563. The number of aliphatic imine (C=N–C) groups is 1. The molecule has 0 unspecified atom stereocenters. The molecule has 0 saturated carbocycles. The van der Waals surface area contributed by atoms with Crippen molar-refractivity contribution < 1.29 is 23.8 Å². The van der Waals surface area contributed by atoms with Crippen LogP contribution < -0.4 is 9.47 Å². The average Bonchev–Trinajstić information content (AvgIpc) is 3.04. The van der Waals surface area contributed by atoms with E-state index in [-0.39, 0.29) is 34.5 Å². The molecule has 0 spiro atoms. The van der Waals surface area contributed by atoms with Crippen molar-refractivity contribution in [3.05, 3.63) is 63.8 Å². The molecule has 0 atom stereocenters. The molecule has 0 N–H and O–H groups in total. The number of esters is 2. The summed E-state index contributed by atoms with van der Waals surface area (Å²) in [5.74, 6) is -0.348. The largest absolute Gasteiger partial charge is 0.493 e. The van der Waals surface area contributed by atoms with Crippen molar-refractivity contribution in [1.29, 1.82) is 0 Å². The van der Waals surface area contributed by atoms with E-state index in [0.717, 1.165) is 5.56 Å². The van der Waals surface area contributed by atoms with Gasteiger partial charge in [-0.2, -0.15) is 0 Å². The van der Waals surface area contributed by atoms with Crippen LogP contribution in [-0.4, -0.2) is 24.9 Å². The zero-order valence-electron chi connectivity index (χ0n) is 15.6. The summed E-state index contributed by atoms with van der Waals surface area (Å²) in [6.07, 6.45) is 1.73. The van der Waals surface area contributed by atoms with Gasteiger partial charge in [0.15, 0.2) is 17.2 Å². The lowest BCUT2D eigenvalue weighted by atomic mass is 10.1. The van der Waals surface area contributed by atoms with E-state index in [2.05, 4.69) is 4.99 Å². The molecular formula is C21H18ClNO5. The first-order chi connectivity index (χ1) is 13.4. The third-order valence-electron chi connectivity index (χ3n) is 3.98. The Hall–Kier alpha value is -3.12. The number of cyclic esters (lactones) is 1. The fourth-order valence-electron chi connectivity index (χ4n) is 2.49. The van der Waals surface area contributed by atoms with Gasteiger partial charge in [-0.3, -0.25) is 4.79 Å². The molecule has 0 amide bonds. The molecule has 2 aromatic rings. The molecular weight excluding hydrogens is 382 g/mol. The minimum absolute atomic E-state index is 0.131. The maximum atomic E-state index is 12.2. The number of carbonyl (C=O) groups is 2. The zero-order valence-corrected chi connectivity index (χ0v) is 16.4. The second-order valence-corrected chi connectivity index (χ2v) is 6.47. The third-order valence-corrected chi connectivity index (χ3v) is 4.26. The van der Waals surface area contributed by atoms with E-state index < -0.39 is 11.9 Å². The Kier molecular flexibility index (Phi) is 5.80. The summed E-state index contributed by atoms with van der Waals surface area (Å²) in [6.45, 7) is 3.65. The molecule has 2 aromatic carbocycles. The number of ether oxygens (including phenoxy) is 3. The van der Waals surface area contributed by atoms with Crippen molar-refractivity contribution in [1.82, 2.24) is 0 Å². The van der Waals surface area contributed by atoms with Crippen molar-refractivity contribution in [3.63, 3.8) is 0 Å². The van der Waals surface area contributed by atoms with Gasteiger partial charge in [-0.25, -0.2) is 9.79 Å². The first-order valence-corrected chi connectivity index (χ1v) is 8.97. The fraction of sp³-hybridized carbons (Fsp3) is 0.190. The Bertz CT molecular complexity index is 993. The fourth-order valence-corrected chi connectivity index (χ4v) is 2.75. The normalized spacial score (nSPS) is 14.6. The number of benzene rings is 2. The van der Waals surface area contributed by atoms with Gasteiger partial charge in [-0.15, -0.1) is 0 Å². The molecule has 6 nitrogen and oxygen atoms in total. The summed E-state index contributed by atoms with van der Waals surface area (Å²) in [5, 5.41) is 0.183. The van der Waals surface area contributed by atoms with Crippen LogP contribution in [-0.2, 0) is 14.3 Å². The number of methoxy groups -OCH3 is 1. The van der Waals surface area contributed by atoms with Crippen molar-refractivity contribution in [2.75, 3.05) is 7.11 Å². The molecule has 0 aliphatic carbocycles. The number of rotatable bonds is 5. The second kappa shape index (κ2) is 8.27. The molecule has 28 heavy (non-hydrogen) atoms. The van der Waals surface area contributed by atoms with E-state index in [4.69, 9.17) is 25.8 Å². The monoisotopic (exact) mass is 399 g/mol. The Morgan fingerprint density at radius 1 is 1.25 bits per heavy atom. The number of hydrogen-bond donors (Lipinski definition) is 0. The van der Waals surface area contributed by atoms with Gasteiger partial charge in [0.2, 0.25) is 5.90 Å². The van der Waals surface area contributed by atoms with Crippen molar-refractivity contribution in [2.24, 2.45) is 4.99 Å². The molecule has 7 heteroatoms. The number of hydrogen-bond acceptors (Lipinski definition) is 6. The standard InChI is InChI=1S/C21H18ClNO5/c1-4-18(24)27-19-15(22)9-13(11-17(19)26-3)10-16-21(25)28-20(23-16)14-7-5-12(2)6-8-14/h5-11H,4H2,1-3H3/b16-10-. The molecule has 0 fully saturated rings. The molecule has 3 rings (SSSR count). The maximum absolute atomic E-state index is 12.2. The Morgan fingerprint density at radius 2 is 1.96 bits per heavy atom. The van der Waals surface area contributed by atoms with Crippen LogP contribution >= 0.6 is 11.6 Å². The molecule has 0 radical (unpaired) electrons. The molecule has 1 aliphatic rings. The van der Waals surface area contributed by atoms with Crippen LogP contribution in [0.3, 0.4) is 0 Å². The van der Waals surface area contributed by atoms with Crippen LogP contribution in [0.25, 0.3) is 6.08 Å². The lowest BCUT2D eigenvalue weighted by Gasteiger charge is -2.11. The van der Waals surface area contributed by atoms with E-state index in [0.29, 0.717) is 11.1 Å². The molecule has 0 aromatic heterocycles. The van der Waals surface area contributed by atoms with Gasteiger partial charge >= 0.3 is 11.9 Å². The molecule has 0 saturated heterocycles. The lowest BCUT2D eigenvalue weighted by Crippen LogP contribution is -2.07. The van der Waals surface area contributed by atoms with Crippen molar-refractivity contribution in [2.45, 2.75) is 20.3 Å². The molecule has 1 heterocycles. The van der Waals surface area contributed by atoms with E-state index in [9.17, 15) is 9.59 Å². The van der Waals surface area contributed by atoms with Gasteiger partial charge < -0.3 is 14.2 Å². The predicted molar refractivity (Wildman–Crippen MR) is 106 cm³/mol. The van der Waals surface area contributed by atoms with E-state index in [1.165, 1.54) is 13.2 Å². The summed E-state index contributed by atoms with van der Waals surface area (Å²) < 4.78 is 15.7. The molecule has 144 valence electrons. The summed E-state index contributed by atoms with van der Waals surface area (Å²) in [7, 11) is 1.43. The highest BCUT2D eigenvalue weighted by atomic mass is 35.5. The van der Waals surface area contributed by atoms with Gasteiger partial charge in [0.1, 0.15) is 0 Å². The maximum Gasteiger partial charge on any atom is 0.363 e. The summed E-state index contributed by atoms with van der Waals surface area (Å²) >= 11 is 6.24. The number of halogens is 1. The Morgan fingerprint density at radius 3 is 2.61 bits per heavy atom.